The van der Waals surface area contributed by atoms with E-state index in [1.54, 1.807) is 5.57 Å². The third-order valence-corrected chi connectivity index (χ3v) is 2.93. The molecule has 1 saturated heterocycles. The van der Waals surface area contributed by atoms with E-state index < -0.39 is 0 Å². The van der Waals surface area contributed by atoms with Crippen molar-refractivity contribution in [1.82, 2.24) is 10.4 Å². The van der Waals surface area contributed by atoms with Crippen molar-refractivity contribution in [2.75, 3.05) is 6.54 Å². The normalized spacial score (nSPS) is 37.5. The summed E-state index contributed by atoms with van der Waals surface area (Å²) < 4.78 is 0. The highest BCUT2D eigenvalue weighted by Crippen LogP contribution is 2.35. The van der Waals surface area contributed by atoms with E-state index in [4.69, 9.17) is 0 Å². The fraction of sp³-hybridized carbons (Fsp3) is 0.400. The van der Waals surface area contributed by atoms with Gasteiger partial charge in [0, 0.05) is 18.7 Å². The summed E-state index contributed by atoms with van der Waals surface area (Å²) in [5.41, 5.74) is 4.84. The molecule has 0 saturated carbocycles. The van der Waals surface area contributed by atoms with E-state index in [1.165, 1.54) is 6.42 Å². The minimum atomic E-state index is 0.542. The van der Waals surface area contributed by atoms with Gasteiger partial charge < -0.3 is 5.43 Å². The number of fused-ring (bicyclic) bond motifs is 3. The Bertz CT molecular complexity index is 288. The van der Waals surface area contributed by atoms with Crippen LogP contribution in [0.25, 0.3) is 0 Å². The fourth-order valence-electron chi connectivity index (χ4n) is 2.32. The number of nitrogens with zero attached hydrogens (tertiary/aromatic N) is 1. The lowest BCUT2D eigenvalue weighted by Gasteiger charge is -2.14. The first kappa shape index (κ1) is 6.49. The summed E-state index contributed by atoms with van der Waals surface area (Å²) in [7, 11) is 0. The lowest BCUT2D eigenvalue weighted by molar-refractivity contribution is 0.254. The van der Waals surface area contributed by atoms with Crippen LogP contribution in [0, 0.1) is 5.92 Å². The van der Waals surface area contributed by atoms with Crippen LogP contribution >= 0.6 is 0 Å². The van der Waals surface area contributed by atoms with Crippen LogP contribution in [0.3, 0.4) is 0 Å². The van der Waals surface area contributed by atoms with Gasteiger partial charge in [-0.1, -0.05) is 18.2 Å². The molecule has 2 heterocycles. The van der Waals surface area contributed by atoms with E-state index in [0.717, 1.165) is 12.5 Å². The Kier molecular flexibility index (Phi) is 1.21. The van der Waals surface area contributed by atoms with Crippen molar-refractivity contribution in [2.45, 2.75) is 12.5 Å². The molecular formula is C10H12N2. The predicted molar refractivity (Wildman–Crippen MR) is 48.1 cm³/mol. The Morgan fingerprint density at radius 3 is 3.50 bits per heavy atom. The Balaban J connectivity index is 1.99. The number of hydrogen-bond donors (Lipinski definition) is 1. The molecule has 2 nitrogen and oxygen atoms in total. The zero-order chi connectivity index (χ0) is 7.97. The molecule has 2 heteroatoms. The third kappa shape index (κ3) is 0.730. The number of nitrogens with one attached hydrogen (secondary N) is 1. The predicted octanol–water partition coefficient (Wildman–Crippen LogP) is 1.21. The monoisotopic (exact) mass is 160 g/mol. The van der Waals surface area contributed by atoms with E-state index in [1.807, 2.05) is 6.20 Å². The summed E-state index contributed by atoms with van der Waals surface area (Å²) in [6, 6.07) is 0.542. The van der Waals surface area contributed by atoms with Gasteiger partial charge in [0.1, 0.15) is 0 Å². The summed E-state index contributed by atoms with van der Waals surface area (Å²) in [6.45, 7) is 1.16. The highest BCUT2D eigenvalue weighted by atomic mass is 15.5. The van der Waals surface area contributed by atoms with E-state index in [9.17, 15) is 0 Å². The van der Waals surface area contributed by atoms with Gasteiger partial charge >= 0.3 is 0 Å². The van der Waals surface area contributed by atoms with Gasteiger partial charge in [0.25, 0.3) is 0 Å². The molecule has 1 N–H and O–H groups in total. The maximum Gasteiger partial charge on any atom is 0.0705 e. The standard InChI is InChI=1S/C10H12N2/c1-2-4-9-8(3-1)7-12-10(9)5-6-11-12/h1-2,4-6,8,10-11H,3,7H2. The smallest absolute Gasteiger partial charge is 0.0705 e. The van der Waals surface area contributed by atoms with Crippen molar-refractivity contribution in [3.8, 4) is 0 Å². The zero-order valence-electron chi connectivity index (χ0n) is 6.90. The average molecular weight is 160 g/mol. The molecule has 3 aliphatic rings. The van der Waals surface area contributed by atoms with Gasteiger partial charge in [0.05, 0.1) is 6.04 Å². The summed E-state index contributed by atoms with van der Waals surface area (Å²) in [5.74, 6) is 0.762. The highest BCUT2D eigenvalue weighted by molar-refractivity contribution is 5.34. The number of rotatable bonds is 0. The van der Waals surface area contributed by atoms with Gasteiger partial charge in [-0.25, -0.2) is 5.01 Å². The van der Waals surface area contributed by atoms with Crippen molar-refractivity contribution >= 4 is 0 Å². The topological polar surface area (TPSA) is 15.3 Å². The highest BCUT2D eigenvalue weighted by Gasteiger charge is 2.36. The van der Waals surface area contributed by atoms with Crippen LogP contribution in [0.5, 0.6) is 0 Å². The molecular weight excluding hydrogens is 148 g/mol. The van der Waals surface area contributed by atoms with Gasteiger partial charge in [-0.05, 0) is 18.1 Å². The summed E-state index contributed by atoms with van der Waals surface area (Å²) >= 11 is 0. The Morgan fingerprint density at radius 1 is 1.50 bits per heavy atom. The van der Waals surface area contributed by atoms with Crippen molar-refractivity contribution in [1.29, 1.82) is 0 Å². The molecule has 0 spiro atoms. The molecule has 0 amide bonds. The maximum absolute atomic E-state index is 3.26. The quantitative estimate of drug-likeness (QED) is 0.573. The molecule has 1 aliphatic carbocycles. The second kappa shape index (κ2) is 2.23. The molecule has 1 fully saturated rings. The first-order valence-electron chi connectivity index (χ1n) is 4.51. The first-order chi connectivity index (χ1) is 5.95. The van der Waals surface area contributed by atoms with Crippen LogP contribution in [0.1, 0.15) is 6.42 Å². The molecule has 0 aromatic carbocycles. The van der Waals surface area contributed by atoms with Gasteiger partial charge in [-0.2, -0.15) is 0 Å². The molecule has 0 bridgehead atoms. The van der Waals surface area contributed by atoms with Crippen molar-refractivity contribution < 1.29 is 0 Å². The van der Waals surface area contributed by atoms with Crippen LogP contribution in [0.15, 0.2) is 36.1 Å². The molecule has 12 heavy (non-hydrogen) atoms. The molecule has 2 atom stereocenters. The van der Waals surface area contributed by atoms with Crippen LogP contribution in [-0.4, -0.2) is 17.6 Å². The molecule has 2 aliphatic heterocycles. The van der Waals surface area contributed by atoms with E-state index in [2.05, 4.69) is 34.7 Å². The molecule has 62 valence electrons. The van der Waals surface area contributed by atoms with Crippen molar-refractivity contribution in [3.05, 3.63) is 36.1 Å². The number of allylic oxidation sites excluding steroid dienone is 3. The average Bonchev–Trinajstić information content (AvgIpc) is 2.62. The Morgan fingerprint density at radius 2 is 2.50 bits per heavy atom. The van der Waals surface area contributed by atoms with Crippen LogP contribution < -0.4 is 5.43 Å². The minimum absolute atomic E-state index is 0.542. The van der Waals surface area contributed by atoms with Gasteiger partial charge in [0.15, 0.2) is 0 Å². The Hall–Kier alpha value is -1.02. The number of hydrogen-bond acceptors (Lipinski definition) is 2. The van der Waals surface area contributed by atoms with Crippen molar-refractivity contribution in [3.63, 3.8) is 0 Å². The lowest BCUT2D eigenvalue weighted by atomic mass is 9.91. The van der Waals surface area contributed by atoms with Crippen LogP contribution in [0.2, 0.25) is 0 Å². The fourth-order valence-corrected chi connectivity index (χ4v) is 2.32. The van der Waals surface area contributed by atoms with E-state index >= 15 is 0 Å². The van der Waals surface area contributed by atoms with Crippen LogP contribution in [0.4, 0.5) is 0 Å². The molecule has 2 unspecified atom stereocenters. The second-order valence-corrected chi connectivity index (χ2v) is 3.61. The van der Waals surface area contributed by atoms with Gasteiger partial charge in [-0.15, -0.1) is 0 Å². The molecule has 0 aromatic heterocycles. The largest absolute Gasteiger partial charge is 0.326 e. The first-order valence-corrected chi connectivity index (χ1v) is 4.51. The summed E-state index contributed by atoms with van der Waals surface area (Å²) in [4.78, 5) is 0. The summed E-state index contributed by atoms with van der Waals surface area (Å²) in [5, 5.41) is 2.31. The maximum atomic E-state index is 3.26. The van der Waals surface area contributed by atoms with Crippen LogP contribution in [-0.2, 0) is 0 Å². The molecule has 0 aromatic rings. The molecule has 3 rings (SSSR count). The number of hydrazine groups is 1. The van der Waals surface area contributed by atoms with Crippen molar-refractivity contribution in [2.24, 2.45) is 5.92 Å². The SMILES string of the molecule is C1=CCC2CN3NC=CC3C2=C1. The Labute approximate surface area is 72.2 Å². The van der Waals surface area contributed by atoms with Gasteiger partial charge in [-0.3, -0.25) is 0 Å². The van der Waals surface area contributed by atoms with Gasteiger partial charge in [0.2, 0.25) is 0 Å². The zero-order valence-corrected chi connectivity index (χ0v) is 6.90. The lowest BCUT2D eigenvalue weighted by Crippen LogP contribution is -2.32. The van der Waals surface area contributed by atoms with E-state index in [0.29, 0.717) is 6.04 Å². The second-order valence-electron chi connectivity index (χ2n) is 3.61. The molecule has 0 radical (unpaired) electrons. The summed E-state index contributed by atoms with van der Waals surface area (Å²) in [6.07, 6.45) is 12.2. The van der Waals surface area contributed by atoms with E-state index in [-0.39, 0.29) is 0 Å². The minimum Gasteiger partial charge on any atom is -0.326 e. The third-order valence-electron chi connectivity index (χ3n) is 2.93.